The van der Waals surface area contributed by atoms with Crippen molar-refractivity contribution in [1.29, 1.82) is 0 Å². The van der Waals surface area contributed by atoms with Gasteiger partial charge in [-0.2, -0.15) is 24.5 Å². The molecule has 6 aromatic rings. The van der Waals surface area contributed by atoms with Gasteiger partial charge in [-0.1, -0.05) is 59.1 Å². The van der Waals surface area contributed by atoms with Gasteiger partial charge in [0.2, 0.25) is 0 Å². The monoisotopic (exact) mass is 964 g/mol. The maximum Gasteiger partial charge on any atom is 0.417 e. The summed E-state index contributed by atoms with van der Waals surface area (Å²) in [4.78, 5) is -0.629. The van der Waals surface area contributed by atoms with Crippen molar-refractivity contribution >= 4 is 132 Å². The average molecular weight is 966 g/mol. The Morgan fingerprint density at radius 3 is 1.39 bits per heavy atom. The Morgan fingerprint density at radius 1 is 0.482 bits per heavy atom. The number of thiophene rings is 3. The van der Waals surface area contributed by atoms with E-state index in [2.05, 4.69) is 18.9 Å². The molecule has 0 spiro atoms. The van der Waals surface area contributed by atoms with E-state index in [9.17, 15) is 46.8 Å². The minimum Gasteiger partial charge on any atom is -0.277 e. The van der Waals surface area contributed by atoms with Crippen LogP contribution in [0.15, 0.2) is 125 Å². The zero-order valence-electron chi connectivity index (χ0n) is 27.3. The number of alkyl halides is 3. The molecule has 4 N–H and O–H groups in total. The number of para-hydroxylation sites is 2. The first kappa shape index (κ1) is 43.5. The van der Waals surface area contributed by atoms with E-state index in [-0.39, 0.29) is 46.1 Å². The van der Waals surface area contributed by atoms with Crippen molar-refractivity contribution in [2.24, 2.45) is 0 Å². The van der Waals surface area contributed by atoms with Crippen molar-refractivity contribution in [3.8, 4) is 0 Å². The van der Waals surface area contributed by atoms with Gasteiger partial charge in [-0.05, 0) is 76.8 Å². The van der Waals surface area contributed by atoms with E-state index in [0.29, 0.717) is 6.07 Å². The first-order chi connectivity index (χ1) is 26.1. The second-order valence-electron chi connectivity index (χ2n) is 10.7. The van der Waals surface area contributed by atoms with Gasteiger partial charge in [-0.25, -0.2) is 33.7 Å². The van der Waals surface area contributed by atoms with Crippen molar-refractivity contribution in [3.05, 3.63) is 127 Å². The minimum atomic E-state index is -4.85. The van der Waals surface area contributed by atoms with E-state index in [0.717, 1.165) is 34.8 Å². The molecule has 0 saturated carbocycles. The van der Waals surface area contributed by atoms with Crippen LogP contribution in [-0.2, 0) is 46.3 Å². The second-order valence-corrected chi connectivity index (χ2v) is 21.8. The summed E-state index contributed by atoms with van der Waals surface area (Å²) in [5.74, 6) is 0. The van der Waals surface area contributed by atoms with Crippen molar-refractivity contribution in [2.75, 3.05) is 18.9 Å². The van der Waals surface area contributed by atoms with Crippen LogP contribution in [0, 0.1) is 0 Å². The van der Waals surface area contributed by atoms with E-state index >= 15 is 0 Å². The molecule has 3 heterocycles. The topological polar surface area (TPSA) is 185 Å². The van der Waals surface area contributed by atoms with Crippen LogP contribution in [0.25, 0.3) is 0 Å². The largest absolute Gasteiger partial charge is 0.417 e. The predicted molar refractivity (Wildman–Crippen MR) is 216 cm³/mol. The second kappa shape index (κ2) is 17.1. The Kier molecular flexibility index (Phi) is 13.3. The summed E-state index contributed by atoms with van der Waals surface area (Å²) < 4.78 is 148. The normalized spacial score (nSPS) is 12.3. The van der Waals surface area contributed by atoms with Crippen molar-refractivity contribution < 1.29 is 46.8 Å². The zero-order chi connectivity index (χ0) is 41.1. The van der Waals surface area contributed by atoms with Gasteiger partial charge in [0.1, 0.15) is 8.42 Å². The number of halogens is 6. The SMILES string of the molecule is O=S(=O)(Nc1cc(Cl)c(Cl)cc1NS(=O)(=O)c1cccs1)c1ccsc1.O=S(=O)(Nc1ccccc1NS(=O)(=O)c1cccs1)c1ccc(Cl)c(C(F)(F)F)c1. The third kappa shape index (κ3) is 10.7. The third-order valence-corrected chi connectivity index (χ3v) is 17.0. The van der Waals surface area contributed by atoms with Crippen molar-refractivity contribution in [1.82, 2.24) is 0 Å². The highest BCUT2D eigenvalue weighted by Crippen LogP contribution is 2.38. The molecule has 0 radical (unpaired) electrons. The molecule has 0 bridgehead atoms. The summed E-state index contributed by atoms with van der Waals surface area (Å²) in [7, 11) is -16.3. The molecule has 0 aliphatic heterocycles. The number of hydrogen-bond acceptors (Lipinski definition) is 11. The van der Waals surface area contributed by atoms with Crippen molar-refractivity contribution in [2.45, 2.75) is 24.4 Å². The lowest BCUT2D eigenvalue weighted by molar-refractivity contribution is -0.137. The summed E-state index contributed by atoms with van der Waals surface area (Å²) in [6.45, 7) is 0. The Bertz CT molecular complexity index is 2700. The lowest BCUT2D eigenvalue weighted by Gasteiger charge is -2.15. The molecular weight excluding hydrogens is 944 g/mol. The fraction of sp³-hybridized carbons (Fsp3) is 0.0323. The van der Waals surface area contributed by atoms with Crippen LogP contribution in [0.4, 0.5) is 35.9 Å². The highest BCUT2D eigenvalue weighted by molar-refractivity contribution is 7.95. The molecule has 0 aliphatic carbocycles. The van der Waals surface area contributed by atoms with Gasteiger partial charge in [0.05, 0.1) is 53.2 Å². The first-order valence-corrected chi connectivity index (χ1v) is 24.5. The molecule has 0 saturated heterocycles. The third-order valence-electron chi connectivity index (χ3n) is 6.84. The number of anilines is 4. The lowest BCUT2D eigenvalue weighted by Crippen LogP contribution is -2.18. The van der Waals surface area contributed by atoms with Gasteiger partial charge in [0.25, 0.3) is 40.1 Å². The van der Waals surface area contributed by atoms with E-state index in [4.69, 9.17) is 34.8 Å². The standard InChI is InChI=1S/C17H12ClF3N2O4S3.C14H10Cl2N2O4S4/c18-13-8-7-11(10-12(13)17(19,20)21)29(24,25)22-14-4-1-2-5-15(14)23-30(26,27)16-6-3-9-28-16;15-10-6-12(17-25(19,20)9-3-5-23-8-9)13(7-11(10)16)18-26(21,22)14-2-1-4-24-14/h1-10,22-23H;1-8,17-18H. The Morgan fingerprint density at radius 2 is 0.946 bits per heavy atom. The number of nitrogens with one attached hydrogen (secondary N) is 4. The predicted octanol–water partition coefficient (Wildman–Crippen LogP) is 9.74. The van der Waals surface area contributed by atoms with E-state index < -0.39 is 61.8 Å². The molecule has 298 valence electrons. The molecule has 12 nitrogen and oxygen atoms in total. The smallest absolute Gasteiger partial charge is 0.277 e. The highest BCUT2D eigenvalue weighted by atomic mass is 35.5. The summed E-state index contributed by atoms with van der Waals surface area (Å²) in [6, 6.07) is 17.5. The summed E-state index contributed by atoms with van der Waals surface area (Å²) in [5, 5.41) is 5.75. The number of rotatable bonds is 12. The molecule has 3 aromatic carbocycles. The van der Waals surface area contributed by atoms with Crippen LogP contribution < -0.4 is 18.9 Å². The molecular formula is C31H22Cl3F3N4O8S7. The van der Waals surface area contributed by atoms with E-state index in [1.165, 1.54) is 77.4 Å². The number of sulfonamides is 4. The summed E-state index contributed by atoms with van der Waals surface area (Å²) in [5.41, 5.74) is -1.64. The van der Waals surface area contributed by atoms with Crippen LogP contribution in [0.5, 0.6) is 0 Å². The molecule has 0 amide bonds. The molecule has 0 aliphatic rings. The molecule has 3 aromatic heterocycles. The average Bonchev–Trinajstić information content (AvgIpc) is 3.92. The van der Waals surface area contributed by atoms with Gasteiger partial charge in [0.15, 0.2) is 0 Å². The first-order valence-electron chi connectivity index (χ1n) is 14.7. The maximum absolute atomic E-state index is 13.1. The quantitative estimate of drug-likeness (QED) is 0.0934. The van der Waals surface area contributed by atoms with Gasteiger partial charge in [0, 0.05) is 5.38 Å². The van der Waals surface area contributed by atoms with Crippen LogP contribution >= 0.6 is 68.8 Å². The highest BCUT2D eigenvalue weighted by Gasteiger charge is 2.35. The summed E-state index contributed by atoms with van der Waals surface area (Å²) >= 11 is 20.7. The van der Waals surface area contributed by atoms with Gasteiger partial charge in [-0.15, -0.1) is 22.7 Å². The lowest BCUT2D eigenvalue weighted by atomic mass is 10.2. The van der Waals surface area contributed by atoms with Crippen LogP contribution in [0.1, 0.15) is 5.56 Å². The van der Waals surface area contributed by atoms with Gasteiger partial charge >= 0.3 is 6.18 Å². The van der Waals surface area contributed by atoms with E-state index in [1.54, 1.807) is 22.2 Å². The van der Waals surface area contributed by atoms with Gasteiger partial charge in [-0.3, -0.25) is 18.9 Å². The Balaban J connectivity index is 0.000000216. The van der Waals surface area contributed by atoms with Crippen molar-refractivity contribution in [3.63, 3.8) is 0 Å². The van der Waals surface area contributed by atoms with Crippen LogP contribution in [0.2, 0.25) is 15.1 Å². The fourth-order valence-corrected chi connectivity index (χ4v) is 12.2. The van der Waals surface area contributed by atoms with Crippen LogP contribution in [0.3, 0.4) is 0 Å². The number of benzene rings is 3. The molecule has 0 atom stereocenters. The molecule has 6 rings (SSSR count). The van der Waals surface area contributed by atoms with Crippen LogP contribution in [-0.4, -0.2) is 33.7 Å². The molecule has 0 fully saturated rings. The molecule has 25 heteroatoms. The summed E-state index contributed by atoms with van der Waals surface area (Å²) in [6.07, 6.45) is -4.85. The maximum atomic E-state index is 13.1. The zero-order valence-corrected chi connectivity index (χ0v) is 35.3. The minimum absolute atomic E-state index is 0.00711. The number of hydrogen-bond donors (Lipinski definition) is 4. The van der Waals surface area contributed by atoms with Gasteiger partial charge < -0.3 is 0 Å². The van der Waals surface area contributed by atoms with E-state index in [1.807, 2.05) is 0 Å². The Labute approximate surface area is 346 Å². The Hall–Kier alpha value is -3.58. The molecule has 0 unspecified atom stereocenters. The fourth-order valence-electron chi connectivity index (χ4n) is 4.30. The molecule has 56 heavy (non-hydrogen) atoms.